The second-order valence-corrected chi connectivity index (χ2v) is 3.22. The summed E-state index contributed by atoms with van der Waals surface area (Å²) in [6, 6.07) is 0. The van der Waals surface area contributed by atoms with Gasteiger partial charge in [0, 0.05) is 12.8 Å². The molecule has 0 aliphatic carbocycles. The van der Waals surface area contributed by atoms with Gasteiger partial charge in [-0.15, -0.1) is 0 Å². The Hall–Kier alpha value is -0.990. The van der Waals surface area contributed by atoms with Crippen molar-refractivity contribution in [3.8, 4) is 0 Å². The molecule has 0 amide bonds. The normalized spacial score (nSPS) is 13.1. The molecule has 0 aliphatic rings. The van der Waals surface area contributed by atoms with Crippen molar-refractivity contribution in [1.82, 2.24) is 5.32 Å². The molecule has 14 heavy (non-hydrogen) atoms. The number of unbranched alkanes of at least 4 members (excludes halogenated alkanes) is 1. The Balaban J connectivity index is 4.13. The highest BCUT2D eigenvalue weighted by atomic mass is 15.0. The van der Waals surface area contributed by atoms with Gasteiger partial charge in [0.1, 0.15) is 5.82 Å². The minimum absolute atomic E-state index is 0.630. The lowest BCUT2D eigenvalue weighted by molar-refractivity contribution is 0.685. The van der Waals surface area contributed by atoms with Gasteiger partial charge in [0.05, 0.1) is 5.70 Å². The molecule has 0 bridgehead atoms. The second kappa shape index (κ2) is 8.60. The predicted molar refractivity (Wildman–Crippen MR) is 63.2 cm³/mol. The van der Waals surface area contributed by atoms with E-state index in [0.717, 1.165) is 25.1 Å². The van der Waals surface area contributed by atoms with Crippen LogP contribution in [0.2, 0.25) is 0 Å². The summed E-state index contributed by atoms with van der Waals surface area (Å²) in [5.74, 6) is 0.630. The number of rotatable bonds is 7. The summed E-state index contributed by atoms with van der Waals surface area (Å²) >= 11 is 0. The Morgan fingerprint density at radius 1 is 1.36 bits per heavy atom. The van der Waals surface area contributed by atoms with E-state index in [0.29, 0.717) is 5.82 Å². The minimum Gasteiger partial charge on any atom is -0.385 e. The number of nitrogens with zero attached hydrogens (tertiary/aromatic N) is 1. The third-order valence-electron chi connectivity index (χ3n) is 1.94. The zero-order chi connectivity index (χ0) is 10.8. The molecule has 0 aromatic rings. The van der Waals surface area contributed by atoms with Crippen molar-refractivity contribution in [3.63, 3.8) is 0 Å². The summed E-state index contributed by atoms with van der Waals surface area (Å²) in [6.45, 7) is 7.30. The molecular weight excluding hydrogens is 174 g/mol. The van der Waals surface area contributed by atoms with Gasteiger partial charge < -0.3 is 11.1 Å². The molecule has 0 saturated heterocycles. The van der Waals surface area contributed by atoms with Gasteiger partial charge in [-0.25, -0.2) is 4.99 Å². The van der Waals surface area contributed by atoms with Crippen molar-refractivity contribution >= 4 is 6.21 Å². The van der Waals surface area contributed by atoms with E-state index < -0.39 is 0 Å². The number of nitrogens with one attached hydrogen (secondary N) is 1. The van der Waals surface area contributed by atoms with E-state index in [4.69, 9.17) is 5.73 Å². The summed E-state index contributed by atoms with van der Waals surface area (Å²) in [7, 11) is 0. The van der Waals surface area contributed by atoms with E-state index in [1.54, 1.807) is 0 Å². The second-order valence-electron chi connectivity index (χ2n) is 3.22. The Morgan fingerprint density at radius 3 is 2.57 bits per heavy atom. The fourth-order valence-electron chi connectivity index (χ4n) is 1.08. The highest BCUT2D eigenvalue weighted by molar-refractivity contribution is 5.58. The van der Waals surface area contributed by atoms with Crippen LogP contribution in [-0.4, -0.2) is 12.8 Å². The van der Waals surface area contributed by atoms with Gasteiger partial charge in [0.2, 0.25) is 0 Å². The molecule has 0 saturated carbocycles. The van der Waals surface area contributed by atoms with E-state index >= 15 is 0 Å². The van der Waals surface area contributed by atoms with E-state index in [-0.39, 0.29) is 0 Å². The summed E-state index contributed by atoms with van der Waals surface area (Å²) in [6.07, 6.45) is 6.05. The van der Waals surface area contributed by atoms with Crippen molar-refractivity contribution in [1.29, 1.82) is 0 Å². The Labute approximate surface area is 87.5 Å². The maximum atomic E-state index is 5.82. The van der Waals surface area contributed by atoms with Crippen LogP contribution in [0.25, 0.3) is 0 Å². The standard InChI is InChI=1S/C11H23N3/c1-4-7-9-13-10(6-3)11(12)14-8-5-2/h8,13H,4-7,9,12H2,1-3H3. The quantitative estimate of drug-likeness (QED) is 0.486. The topological polar surface area (TPSA) is 50.4 Å². The van der Waals surface area contributed by atoms with Crippen LogP contribution in [-0.2, 0) is 0 Å². The van der Waals surface area contributed by atoms with Crippen molar-refractivity contribution in [3.05, 3.63) is 11.5 Å². The SMILES string of the molecule is CCC=NC(N)=C(CC)NCCCC. The van der Waals surface area contributed by atoms with Gasteiger partial charge in [-0.3, -0.25) is 0 Å². The van der Waals surface area contributed by atoms with E-state index in [1.807, 2.05) is 13.1 Å². The maximum Gasteiger partial charge on any atom is 0.142 e. The lowest BCUT2D eigenvalue weighted by atomic mass is 10.3. The lowest BCUT2D eigenvalue weighted by Gasteiger charge is -2.09. The average Bonchev–Trinajstić information content (AvgIpc) is 2.21. The molecule has 0 aromatic carbocycles. The van der Waals surface area contributed by atoms with Crippen molar-refractivity contribution in [2.24, 2.45) is 10.7 Å². The minimum atomic E-state index is 0.630. The molecule has 0 aliphatic heterocycles. The highest BCUT2D eigenvalue weighted by Gasteiger charge is 1.97. The monoisotopic (exact) mass is 197 g/mol. The Kier molecular flexibility index (Phi) is 7.99. The molecule has 0 rings (SSSR count). The van der Waals surface area contributed by atoms with Crippen LogP contribution in [0.5, 0.6) is 0 Å². The number of nitrogens with two attached hydrogens (primary N) is 1. The third kappa shape index (κ3) is 5.62. The zero-order valence-electron chi connectivity index (χ0n) is 9.64. The molecule has 0 aromatic heterocycles. The first kappa shape index (κ1) is 13.0. The molecule has 3 N–H and O–H groups in total. The summed E-state index contributed by atoms with van der Waals surface area (Å²) in [5.41, 5.74) is 6.87. The van der Waals surface area contributed by atoms with Crippen LogP contribution in [0.1, 0.15) is 46.5 Å². The molecule has 0 spiro atoms. The Bertz CT molecular complexity index is 195. The number of hydrogen-bond acceptors (Lipinski definition) is 3. The first-order valence-electron chi connectivity index (χ1n) is 5.51. The zero-order valence-corrected chi connectivity index (χ0v) is 9.64. The molecule has 0 unspecified atom stereocenters. The summed E-state index contributed by atoms with van der Waals surface area (Å²) in [4.78, 5) is 4.16. The van der Waals surface area contributed by atoms with Crippen LogP contribution in [0, 0.1) is 0 Å². The number of hydrogen-bond donors (Lipinski definition) is 2. The molecule has 3 heteroatoms. The van der Waals surface area contributed by atoms with Gasteiger partial charge in [-0.05, 0) is 19.3 Å². The van der Waals surface area contributed by atoms with Crippen LogP contribution in [0.4, 0.5) is 0 Å². The van der Waals surface area contributed by atoms with Crippen molar-refractivity contribution in [2.45, 2.75) is 46.5 Å². The smallest absolute Gasteiger partial charge is 0.142 e. The van der Waals surface area contributed by atoms with Gasteiger partial charge in [0.25, 0.3) is 0 Å². The summed E-state index contributed by atoms with van der Waals surface area (Å²) in [5, 5.41) is 3.32. The van der Waals surface area contributed by atoms with Gasteiger partial charge in [-0.2, -0.15) is 0 Å². The Morgan fingerprint density at radius 2 is 2.07 bits per heavy atom. The van der Waals surface area contributed by atoms with Crippen LogP contribution in [0.3, 0.4) is 0 Å². The van der Waals surface area contributed by atoms with Crippen LogP contribution >= 0.6 is 0 Å². The first-order chi connectivity index (χ1) is 6.76. The molecule has 0 fully saturated rings. The number of aliphatic imine (C=N–C) groups is 1. The van der Waals surface area contributed by atoms with E-state index in [1.165, 1.54) is 12.8 Å². The van der Waals surface area contributed by atoms with Crippen LogP contribution in [0.15, 0.2) is 16.5 Å². The fraction of sp³-hybridized carbons (Fsp3) is 0.727. The van der Waals surface area contributed by atoms with Crippen molar-refractivity contribution in [2.75, 3.05) is 6.54 Å². The lowest BCUT2D eigenvalue weighted by Crippen LogP contribution is -2.18. The van der Waals surface area contributed by atoms with Crippen molar-refractivity contribution < 1.29 is 0 Å². The highest BCUT2D eigenvalue weighted by Crippen LogP contribution is 2.01. The predicted octanol–water partition coefficient (Wildman–Crippen LogP) is 2.39. The molecular formula is C11H23N3. The summed E-state index contributed by atoms with van der Waals surface area (Å²) < 4.78 is 0. The molecule has 0 heterocycles. The van der Waals surface area contributed by atoms with Gasteiger partial charge in [0.15, 0.2) is 0 Å². The third-order valence-corrected chi connectivity index (χ3v) is 1.94. The van der Waals surface area contributed by atoms with Gasteiger partial charge in [-0.1, -0.05) is 27.2 Å². The first-order valence-corrected chi connectivity index (χ1v) is 5.51. The average molecular weight is 197 g/mol. The molecule has 82 valence electrons. The van der Waals surface area contributed by atoms with Gasteiger partial charge >= 0.3 is 0 Å². The maximum absolute atomic E-state index is 5.82. The molecule has 3 nitrogen and oxygen atoms in total. The number of allylic oxidation sites excluding steroid dienone is 1. The van der Waals surface area contributed by atoms with E-state index in [2.05, 4.69) is 24.2 Å². The fourth-order valence-corrected chi connectivity index (χ4v) is 1.08. The molecule has 0 atom stereocenters. The van der Waals surface area contributed by atoms with E-state index in [9.17, 15) is 0 Å². The largest absolute Gasteiger partial charge is 0.385 e. The van der Waals surface area contributed by atoms with Crippen LogP contribution < -0.4 is 11.1 Å². The molecule has 0 radical (unpaired) electrons.